The van der Waals surface area contributed by atoms with Crippen LogP contribution in [0.3, 0.4) is 0 Å². The fourth-order valence-electron chi connectivity index (χ4n) is 4.05. The molecule has 1 heterocycles. The fraction of sp³-hybridized carbons (Fsp3) is 0.944. The lowest BCUT2D eigenvalue weighted by molar-refractivity contribution is 0.208. The minimum Gasteiger partial charge on any atom is -0.356 e. The van der Waals surface area contributed by atoms with Crippen molar-refractivity contribution in [3.8, 4) is 0 Å². The second-order valence-corrected chi connectivity index (χ2v) is 7.71. The van der Waals surface area contributed by atoms with Crippen LogP contribution in [0.1, 0.15) is 45.4 Å². The first kappa shape index (κ1) is 17.6. The zero-order valence-electron chi connectivity index (χ0n) is 15.1. The number of likely N-dealkylation sites (tertiary alicyclic amines) is 1. The Balaban J connectivity index is 1.73. The molecule has 4 nitrogen and oxygen atoms in total. The molecular weight excluding hydrogens is 272 g/mol. The largest absolute Gasteiger partial charge is 0.356 e. The van der Waals surface area contributed by atoms with Crippen molar-refractivity contribution in [2.75, 3.05) is 47.3 Å². The van der Waals surface area contributed by atoms with Crippen LogP contribution in [-0.2, 0) is 0 Å². The van der Waals surface area contributed by atoms with Crippen LogP contribution in [0.2, 0.25) is 0 Å². The Labute approximate surface area is 137 Å². The Hall–Kier alpha value is -0.770. The molecule has 0 spiro atoms. The third-order valence-electron chi connectivity index (χ3n) is 5.51. The highest BCUT2D eigenvalue weighted by atomic mass is 15.3. The van der Waals surface area contributed by atoms with Crippen LogP contribution in [0.4, 0.5) is 0 Å². The fourth-order valence-corrected chi connectivity index (χ4v) is 4.05. The van der Waals surface area contributed by atoms with E-state index in [9.17, 15) is 0 Å². The molecule has 0 bridgehead atoms. The van der Waals surface area contributed by atoms with Crippen LogP contribution in [0, 0.1) is 17.8 Å². The molecule has 1 aliphatic carbocycles. The first-order chi connectivity index (χ1) is 10.6. The van der Waals surface area contributed by atoms with E-state index in [1.54, 1.807) is 0 Å². The van der Waals surface area contributed by atoms with E-state index in [2.05, 4.69) is 41.1 Å². The Morgan fingerprint density at radius 2 is 1.91 bits per heavy atom. The Morgan fingerprint density at radius 3 is 2.55 bits per heavy atom. The first-order valence-corrected chi connectivity index (χ1v) is 9.18. The molecule has 2 fully saturated rings. The summed E-state index contributed by atoms with van der Waals surface area (Å²) in [4.78, 5) is 9.28. The van der Waals surface area contributed by atoms with Gasteiger partial charge in [-0.15, -0.1) is 0 Å². The second-order valence-electron chi connectivity index (χ2n) is 7.71. The Kier molecular flexibility index (Phi) is 7.00. The molecule has 1 N–H and O–H groups in total. The predicted molar refractivity (Wildman–Crippen MR) is 95.3 cm³/mol. The number of rotatable bonds is 4. The molecular formula is C18H36N4. The predicted octanol–water partition coefficient (Wildman–Crippen LogP) is 2.66. The van der Waals surface area contributed by atoms with E-state index in [-0.39, 0.29) is 0 Å². The molecule has 1 aliphatic heterocycles. The molecule has 1 atom stereocenters. The molecule has 22 heavy (non-hydrogen) atoms. The lowest BCUT2D eigenvalue weighted by Crippen LogP contribution is -2.45. The summed E-state index contributed by atoms with van der Waals surface area (Å²) in [5, 5.41) is 3.61. The zero-order valence-corrected chi connectivity index (χ0v) is 15.1. The molecule has 0 aromatic heterocycles. The molecule has 128 valence electrons. The molecule has 0 amide bonds. The number of piperidine rings is 1. The van der Waals surface area contributed by atoms with Gasteiger partial charge in [-0.2, -0.15) is 0 Å². The highest BCUT2D eigenvalue weighted by Gasteiger charge is 2.21. The molecule has 4 heteroatoms. The average molecular weight is 309 g/mol. The zero-order chi connectivity index (χ0) is 15.9. The number of nitrogens with one attached hydrogen (secondary N) is 1. The van der Waals surface area contributed by atoms with Gasteiger partial charge in [0, 0.05) is 33.7 Å². The summed E-state index contributed by atoms with van der Waals surface area (Å²) in [6, 6.07) is 0. The van der Waals surface area contributed by atoms with E-state index < -0.39 is 0 Å². The van der Waals surface area contributed by atoms with Gasteiger partial charge in [-0.25, -0.2) is 0 Å². The third kappa shape index (κ3) is 5.45. The van der Waals surface area contributed by atoms with Gasteiger partial charge in [0.25, 0.3) is 0 Å². The van der Waals surface area contributed by atoms with Gasteiger partial charge in [-0.3, -0.25) is 4.99 Å². The molecule has 0 aromatic rings. The number of hydrogen-bond acceptors (Lipinski definition) is 2. The van der Waals surface area contributed by atoms with Gasteiger partial charge in [0.05, 0.1) is 0 Å². The first-order valence-electron chi connectivity index (χ1n) is 9.18. The SMILES string of the molecule is CN=C(NCC1CCCN(C)C1)N(C)CC1CCC(C)CC1. The van der Waals surface area contributed by atoms with Crippen molar-refractivity contribution in [1.29, 1.82) is 0 Å². The van der Waals surface area contributed by atoms with Crippen LogP contribution in [-0.4, -0.2) is 63.1 Å². The van der Waals surface area contributed by atoms with Gasteiger partial charge in [0.2, 0.25) is 0 Å². The van der Waals surface area contributed by atoms with Gasteiger partial charge in [0.1, 0.15) is 0 Å². The summed E-state index contributed by atoms with van der Waals surface area (Å²) in [5.41, 5.74) is 0. The lowest BCUT2D eigenvalue weighted by Gasteiger charge is -2.33. The number of guanidine groups is 1. The maximum Gasteiger partial charge on any atom is 0.193 e. The molecule has 1 saturated heterocycles. The van der Waals surface area contributed by atoms with Gasteiger partial charge in [0.15, 0.2) is 5.96 Å². The summed E-state index contributed by atoms with van der Waals surface area (Å²) in [6.45, 7) is 7.07. The van der Waals surface area contributed by atoms with Crippen molar-refractivity contribution in [2.45, 2.75) is 45.4 Å². The maximum atomic E-state index is 4.49. The Bertz CT molecular complexity index is 347. The number of hydrogen-bond donors (Lipinski definition) is 1. The standard InChI is InChI=1S/C18H36N4/c1-15-7-9-16(10-8-15)14-22(4)18(19-2)20-12-17-6-5-11-21(3)13-17/h15-17H,5-14H2,1-4H3,(H,19,20). The van der Waals surface area contributed by atoms with Crippen molar-refractivity contribution in [3.05, 3.63) is 0 Å². The topological polar surface area (TPSA) is 30.9 Å². The van der Waals surface area contributed by atoms with Crippen LogP contribution in [0.25, 0.3) is 0 Å². The normalized spacial score (nSPS) is 31.1. The minimum atomic E-state index is 0.763. The maximum absolute atomic E-state index is 4.49. The Morgan fingerprint density at radius 1 is 1.18 bits per heavy atom. The van der Waals surface area contributed by atoms with Crippen molar-refractivity contribution in [1.82, 2.24) is 15.1 Å². The van der Waals surface area contributed by atoms with Crippen molar-refractivity contribution >= 4 is 5.96 Å². The molecule has 0 radical (unpaired) electrons. The smallest absolute Gasteiger partial charge is 0.193 e. The third-order valence-corrected chi connectivity index (χ3v) is 5.51. The van der Waals surface area contributed by atoms with Gasteiger partial charge < -0.3 is 15.1 Å². The average Bonchev–Trinajstić information content (AvgIpc) is 2.50. The van der Waals surface area contributed by atoms with Gasteiger partial charge in [-0.1, -0.05) is 19.8 Å². The highest BCUT2D eigenvalue weighted by molar-refractivity contribution is 5.79. The lowest BCUT2D eigenvalue weighted by atomic mass is 9.83. The van der Waals surface area contributed by atoms with Crippen molar-refractivity contribution in [2.24, 2.45) is 22.7 Å². The van der Waals surface area contributed by atoms with E-state index in [1.807, 2.05) is 7.05 Å². The van der Waals surface area contributed by atoms with E-state index >= 15 is 0 Å². The van der Waals surface area contributed by atoms with E-state index in [4.69, 9.17) is 0 Å². The molecule has 1 unspecified atom stereocenters. The summed E-state index contributed by atoms with van der Waals surface area (Å²) in [6.07, 6.45) is 8.25. The summed E-state index contributed by atoms with van der Waals surface area (Å²) in [7, 11) is 6.34. The summed E-state index contributed by atoms with van der Waals surface area (Å²) >= 11 is 0. The monoisotopic (exact) mass is 308 g/mol. The van der Waals surface area contributed by atoms with E-state index in [1.165, 1.54) is 51.6 Å². The van der Waals surface area contributed by atoms with Crippen molar-refractivity contribution in [3.63, 3.8) is 0 Å². The summed E-state index contributed by atoms with van der Waals surface area (Å²) in [5.74, 6) is 3.62. The van der Waals surface area contributed by atoms with E-state index in [0.717, 1.165) is 36.8 Å². The second kappa shape index (κ2) is 8.76. The van der Waals surface area contributed by atoms with Crippen LogP contribution in [0.5, 0.6) is 0 Å². The number of nitrogens with zero attached hydrogens (tertiary/aromatic N) is 3. The molecule has 2 rings (SSSR count). The molecule has 1 saturated carbocycles. The molecule has 0 aromatic carbocycles. The molecule has 2 aliphatic rings. The van der Waals surface area contributed by atoms with Crippen molar-refractivity contribution < 1.29 is 0 Å². The quantitative estimate of drug-likeness (QED) is 0.640. The van der Waals surface area contributed by atoms with Crippen LogP contribution in [0.15, 0.2) is 4.99 Å². The summed E-state index contributed by atoms with van der Waals surface area (Å²) < 4.78 is 0. The van der Waals surface area contributed by atoms with Gasteiger partial charge >= 0.3 is 0 Å². The number of aliphatic imine (C=N–C) groups is 1. The van der Waals surface area contributed by atoms with Crippen LogP contribution >= 0.6 is 0 Å². The highest BCUT2D eigenvalue weighted by Crippen LogP contribution is 2.28. The van der Waals surface area contributed by atoms with Gasteiger partial charge in [-0.05, 0) is 57.0 Å². The van der Waals surface area contributed by atoms with E-state index in [0.29, 0.717) is 0 Å². The minimum absolute atomic E-state index is 0.763. The van der Waals surface area contributed by atoms with Crippen LogP contribution < -0.4 is 5.32 Å².